The number of aliphatic hydroxyl groups is 1. The highest BCUT2D eigenvalue weighted by Gasteiger charge is 2.29. The van der Waals surface area contributed by atoms with Crippen molar-refractivity contribution in [1.29, 1.82) is 0 Å². The van der Waals surface area contributed by atoms with Crippen molar-refractivity contribution in [2.24, 2.45) is 11.7 Å². The molecule has 0 heterocycles. The predicted octanol–water partition coefficient (Wildman–Crippen LogP) is 1.90. The van der Waals surface area contributed by atoms with E-state index in [-0.39, 0.29) is 12.0 Å². The molecule has 0 aromatic heterocycles. The maximum atomic E-state index is 10.2. The molecule has 0 radical (unpaired) electrons. The molecule has 0 saturated heterocycles. The highest BCUT2D eigenvalue weighted by molar-refractivity contribution is 5.31. The summed E-state index contributed by atoms with van der Waals surface area (Å²) in [7, 11) is 1.65. The molecular formula is C14H21NO2. The summed E-state index contributed by atoms with van der Waals surface area (Å²) in [5.41, 5.74) is 6.86. The van der Waals surface area contributed by atoms with Crippen LogP contribution in [0, 0.1) is 5.92 Å². The standard InChI is InChI=1S/C14H21NO2/c1-17-12-4-2-3-11(8-12)13(9-15)14(16)7-10-5-6-10/h2-4,8,10,13-14,16H,5-7,9,15H2,1H3. The largest absolute Gasteiger partial charge is 0.497 e. The van der Waals surface area contributed by atoms with Crippen LogP contribution in [0.5, 0.6) is 5.75 Å². The fraction of sp³-hybridized carbons (Fsp3) is 0.571. The maximum Gasteiger partial charge on any atom is 0.119 e. The van der Waals surface area contributed by atoms with Crippen molar-refractivity contribution in [2.75, 3.05) is 13.7 Å². The fourth-order valence-electron chi connectivity index (χ4n) is 2.25. The van der Waals surface area contributed by atoms with Crippen molar-refractivity contribution < 1.29 is 9.84 Å². The molecule has 0 bridgehead atoms. The van der Waals surface area contributed by atoms with E-state index in [0.29, 0.717) is 12.5 Å². The number of rotatable bonds is 6. The van der Waals surface area contributed by atoms with Crippen molar-refractivity contribution in [1.82, 2.24) is 0 Å². The normalized spacial score (nSPS) is 18.8. The Morgan fingerprint density at radius 2 is 2.24 bits per heavy atom. The number of hydrogen-bond acceptors (Lipinski definition) is 3. The first kappa shape index (κ1) is 12.4. The van der Waals surface area contributed by atoms with Crippen molar-refractivity contribution in [3.05, 3.63) is 29.8 Å². The van der Waals surface area contributed by atoms with E-state index in [1.165, 1.54) is 12.8 Å². The predicted molar refractivity (Wildman–Crippen MR) is 68.1 cm³/mol. The summed E-state index contributed by atoms with van der Waals surface area (Å²) in [4.78, 5) is 0. The molecule has 1 fully saturated rings. The first-order chi connectivity index (χ1) is 8.24. The zero-order chi connectivity index (χ0) is 12.3. The maximum absolute atomic E-state index is 10.2. The van der Waals surface area contributed by atoms with Gasteiger partial charge in [0.2, 0.25) is 0 Å². The van der Waals surface area contributed by atoms with Gasteiger partial charge >= 0.3 is 0 Å². The van der Waals surface area contributed by atoms with Crippen LogP contribution in [-0.4, -0.2) is 24.9 Å². The van der Waals surface area contributed by atoms with E-state index in [0.717, 1.165) is 17.7 Å². The molecule has 17 heavy (non-hydrogen) atoms. The lowest BCUT2D eigenvalue weighted by Gasteiger charge is -2.22. The van der Waals surface area contributed by atoms with Gasteiger partial charge in [-0.05, 0) is 30.0 Å². The minimum Gasteiger partial charge on any atom is -0.497 e. The lowest BCUT2D eigenvalue weighted by atomic mass is 9.90. The van der Waals surface area contributed by atoms with Gasteiger partial charge < -0.3 is 15.6 Å². The van der Waals surface area contributed by atoms with Crippen molar-refractivity contribution in [3.8, 4) is 5.75 Å². The van der Waals surface area contributed by atoms with E-state index in [1.54, 1.807) is 7.11 Å². The molecule has 0 amide bonds. The Balaban J connectivity index is 2.08. The van der Waals surface area contributed by atoms with Gasteiger partial charge in [-0.25, -0.2) is 0 Å². The second-order valence-electron chi connectivity index (χ2n) is 4.87. The zero-order valence-corrected chi connectivity index (χ0v) is 10.3. The molecule has 1 aromatic rings. The van der Waals surface area contributed by atoms with Gasteiger partial charge in [0.05, 0.1) is 13.2 Å². The van der Waals surface area contributed by atoms with Gasteiger partial charge in [0.25, 0.3) is 0 Å². The van der Waals surface area contributed by atoms with Crippen molar-refractivity contribution >= 4 is 0 Å². The SMILES string of the molecule is COc1cccc(C(CN)C(O)CC2CC2)c1. The Kier molecular flexibility index (Phi) is 4.02. The zero-order valence-electron chi connectivity index (χ0n) is 10.3. The molecule has 94 valence electrons. The molecular weight excluding hydrogens is 214 g/mol. The lowest BCUT2D eigenvalue weighted by Crippen LogP contribution is -2.26. The molecule has 1 aliphatic rings. The van der Waals surface area contributed by atoms with E-state index >= 15 is 0 Å². The Morgan fingerprint density at radius 1 is 1.47 bits per heavy atom. The quantitative estimate of drug-likeness (QED) is 0.791. The van der Waals surface area contributed by atoms with Gasteiger partial charge in [-0.15, -0.1) is 0 Å². The lowest BCUT2D eigenvalue weighted by molar-refractivity contribution is 0.129. The third-order valence-electron chi connectivity index (χ3n) is 3.51. The third kappa shape index (κ3) is 3.20. The number of ether oxygens (including phenoxy) is 1. The van der Waals surface area contributed by atoms with E-state index in [2.05, 4.69) is 0 Å². The molecule has 1 aromatic carbocycles. The van der Waals surface area contributed by atoms with Crippen LogP contribution in [0.1, 0.15) is 30.7 Å². The first-order valence-electron chi connectivity index (χ1n) is 6.26. The van der Waals surface area contributed by atoms with Crippen LogP contribution in [0.3, 0.4) is 0 Å². The molecule has 0 aliphatic heterocycles. The van der Waals surface area contributed by atoms with Gasteiger partial charge in [0, 0.05) is 12.5 Å². The number of nitrogens with two attached hydrogens (primary N) is 1. The fourth-order valence-corrected chi connectivity index (χ4v) is 2.25. The Morgan fingerprint density at radius 3 is 2.82 bits per heavy atom. The molecule has 3 N–H and O–H groups in total. The van der Waals surface area contributed by atoms with Crippen LogP contribution in [0.15, 0.2) is 24.3 Å². The number of benzene rings is 1. The molecule has 1 saturated carbocycles. The number of hydrogen-bond donors (Lipinski definition) is 2. The summed E-state index contributed by atoms with van der Waals surface area (Å²) in [6, 6.07) is 7.83. The van der Waals surface area contributed by atoms with Crippen LogP contribution in [0.2, 0.25) is 0 Å². The van der Waals surface area contributed by atoms with Crippen molar-refractivity contribution in [2.45, 2.75) is 31.3 Å². The molecule has 2 unspecified atom stereocenters. The molecule has 2 atom stereocenters. The molecule has 2 rings (SSSR count). The smallest absolute Gasteiger partial charge is 0.119 e. The first-order valence-corrected chi connectivity index (χ1v) is 6.26. The number of aliphatic hydroxyl groups excluding tert-OH is 1. The second-order valence-corrected chi connectivity index (χ2v) is 4.87. The minimum atomic E-state index is -0.334. The molecule has 3 nitrogen and oxygen atoms in total. The monoisotopic (exact) mass is 235 g/mol. The summed E-state index contributed by atoms with van der Waals surface area (Å²) in [6.45, 7) is 0.473. The summed E-state index contributed by atoms with van der Waals surface area (Å²) >= 11 is 0. The van der Waals surface area contributed by atoms with Gasteiger partial charge in [-0.2, -0.15) is 0 Å². The van der Waals surface area contributed by atoms with Crippen LogP contribution in [0.4, 0.5) is 0 Å². The topological polar surface area (TPSA) is 55.5 Å². The summed E-state index contributed by atoms with van der Waals surface area (Å²) in [6.07, 6.45) is 3.05. The molecule has 3 heteroatoms. The third-order valence-corrected chi connectivity index (χ3v) is 3.51. The summed E-state index contributed by atoms with van der Waals surface area (Å²) in [5.74, 6) is 1.55. The highest BCUT2D eigenvalue weighted by atomic mass is 16.5. The van der Waals surface area contributed by atoms with Gasteiger partial charge in [-0.1, -0.05) is 25.0 Å². The van der Waals surface area contributed by atoms with Crippen molar-refractivity contribution in [3.63, 3.8) is 0 Å². The minimum absolute atomic E-state index is 0.0192. The average Bonchev–Trinajstić information content (AvgIpc) is 3.14. The van der Waals surface area contributed by atoms with E-state index < -0.39 is 0 Å². The van der Waals surface area contributed by atoms with Gasteiger partial charge in [-0.3, -0.25) is 0 Å². The Hall–Kier alpha value is -1.06. The van der Waals surface area contributed by atoms with Crippen LogP contribution < -0.4 is 10.5 Å². The van der Waals surface area contributed by atoms with E-state index in [4.69, 9.17) is 10.5 Å². The van der Waals surface area contributed by atoms with Gasteiger partial charge in [0.1, 0.15) is 5.75 Å². The Bertz CT molecular complexity index is 363. The second kappa shape index (κ2) is 5.52. The summed E-state index contributed by atoms with van der Waals surface area (Å²) in [5, 5.41) is 10.2. The van der Waals surface area contributed by atoms with Gasteiger partial charge in [0.15, 0.2) is 0 Å². The van der Waals surface area contributed by atoms with E-state index in [9.17, 15) is 5.11 Å². The Labute approximate surface area is 103 Å². The molecule has 0 spiro atoms. The highest BCUT2D eigenvalue weighted by Crippen LogP contribution is 2.36. The molecule has 1 aliphatic carbocycles. The van der Waals surface area contributed by atoms with Crippen LogP contribution >= 0.6 is 0 Å². The van der Waals surface area contributed by atoms with Crippen LogP contribution in [-0.2, 0) is 0 Å². The van der Waals surface area contributed by atoms with Crippen LogP contribution in [0.25, 0.3) is 0 Å². The summed E-state index contributed by atoms with van der Waals surface area (Å²) < 4.78 is 5.20. The average molecular weight is 235 g/mol. The number of methoxy groups -OCH3 is 1. The van der Waals surface area contributed by atoms with E-state index in [1.807, 2.05) is 24.3 Å².